The molecule has 0 radical (unpaired) electrons. The SMILES string of the molecule is CS(=O)(=O)N1CCN(Cn2c(SC(F)F)nc3ccccc32)CC1. The number of hydrogen-bond acceptors (Lipinski definition) is 5. The van der Waals surface area contributed by atoms with Gasteiger partial charge in [-0.15, -0.1) is 0 Å². The van der Waals surface area contributed by atoms with E-state index in [1.807, 2.05) is 23.1 Å². The van der Waals surface area contributed by atoms with Gasteiger partial charge < -0.3 is 4.57 Å². The molecule has 3 rings (SSSR count). The molecule has 6 nitrogen and oxygen atoms in total. The Balaban J connectivity index is 1.80. The van der Waals surface area contributed by atoms with Crippen LogP contribution in [0.5, 0.6) is 0 Å². The van der Waals surface area contributed by atoms with E-state index in [1.165, 1.54) is 10.6 Å². The number of benzene rings is 1. The highest BCUT2D eigenvalue weighted by molar-refractivity contribution is 7.99. The fraction of sp³-hybridized carbons (Fsp3) is 0.500. The fourth-order valence-electron chi connectivity index (χ4n) is 2.76. The van der Waals surface area contributed by atoms with E-state index in [0.29, 0.717) is 50.1 Å². The predicted octanol–water partition coefficient (Wildman–Crippen LogP) is 1.89. The summed E-state index contributed by atoms with van der Waals surface area (Å²) in [5, 5.41) is 0.275. The molecule has 0 spiro atoms. The average Bonchev–Trinajstić information content (AvgIpc) is 2.84. The lowest BCUT2D eigenvalue weighted by Gasteiger charge is -2.33. The second kappa shape index (κ2) is 6.95. The van der Waals surface area contributed by atoms with E-state index in [0.717, 1.165) is 5.52 Å². The van der Waals surface area contributed by atoms with Crippen LogP contribution in [0.1, 0.15) is 0 Å². The largest absolute Gasteiger partial charge is 0.305 e. The number of hydrogen-bond donors (Lipinski definition) is 0. The fourth-order valence-corrected chi connectivity index (χ4v) is 4.18. The monoisotopic (exact) mass is 376 g/mol. The van der Waals surface area contributed by atoms with Crippen molar-refractivity contribution < 1.29 is 17.2 Å². The van der Waals surface area contributed by atoms with Crippen LogP contribution in [-0.2, 0) is 16.7 Å². The maximum atomic E-state index is 12.8. The molecule has 1 saturated heterocycles. The molecular weight excluding hydrogens is 358 g/mol. The molecule has 1 aliphatic heterocycles. The minimum atomic E-state index is -3.19. The Morgan fingerprint density at radius 1 is 1.21 bits per heavy atom. The summed E-state index contributed by atoms with van der Waals surface area (Å²) in [6, 6.07) is 7.31. The smallest absolute Gasteiger partial charge is 0.291 e. The first-order chi connectivity index (χ1) is 11.3. The van der Waals surface area contributed by atoms with Crippen LogP contribution in [0.25, 0.3) is 11.0 Å². The van der Waals surface area contributed by atoms with Crippen LogP contribution in [0.4, 0.5) is 8.78 Å². The Hall–Kier alpha value is -1.23. The zero-order valence-corrected chi connectivity index (χ0v) is 14.7. The first-order valence-corrected chi connectivity index (χ1v) is 10.1. The van der Waals surface area contributed by atoms with Crippen LogP contribution < -0.4 is 0 Å². The van der Waals surface area contributed by atoms with Crippen molar-refractivity contribution in [2.45, 2.75) is 17.6 Å². The van der Waals surface area contributed by atoms with Gasteiger partial charge >= 0.3 is 0 Å². The number of fused-ring (bicyclic) bond motifs is 1. The molecule has 2 aromatic rings. The summed E-state index contributed by atoms with van der Waals surface area (Å²) in [5.74, 6) is -2.54. The molecule has 0 N–H and O–H groups in total. The quantitative estimate of drug-likeness (QED) is 0.746. The van der Waals surface area contributed by atoms with Crippen molar-refractivity contribution in [2.75, 3.05) is 32.4 Å². The van der Waals surface area contributed by atoms with Gasteiger partial charge in [0.25, 0.3) is 5.76 Å². The average molecular weight is 376 g/mol. The van der Waals surface area contributed by atoms with E-state index in [4.69, 9.17) is 0 Å². The Bertz CT molecular complexity index is 817. The van der Waals surface area contributed by atoms with E-state index >= 15 is 0 Å². The van der Waals surface area contributed by atoms with E-state index < -0.39 is 15.8 Å². The summed E-state index contributed by atoms with van der Waals surface area (Å²) < 4.78 is 52.0. The molecule has 132 valence electrons. The highest BCUT2D eigenvalue weighted by Gasteiger charge is 2.25. The Morgan fingerprint density at radius 2 is 1.88 bits per heavy atom. The third-order valence-electron chi connectivity index (χ3n) is 3.96. The van der Waals surface area contributed by atoms with Gasteiger partial charge in [-0.25, -0.2) is 13.4 Å². The van der Waals surface area contributed by atoms with Crippen LogP contribution in [0, 0.1) is 0 Å². The number of halogens is 2. The number of alkyl halides is 2. The molecule has 0 bridgehead atoms. The standard InChI is InChI=1S/C14H18F2N4O2S2/c1-24(21,22)19-8-6-18(7-9-19)10-20-12-5-3-2-4-11(12)17-14(20)23-13(15)16/h2-5,13H,6-10H2,1H3. The summed E-state index contributed by atoms with van der Waals surface area (Å²) in [6.07, 6.45) is 1.20. The number of rotatable bonds is 5. The van der Waals surface area contributed by atoms with Crippen molar-refractivity contribution in [3.63, 3.8) is 0 Å². The van der Waals surface area contributed by atoms with Gasteiger partial charge in [-0.1, -0.05) is 12.1 Å². The molecule has 1 aromatic heterocycles. The number of para-hydroxylation sites is 2. The normalized spacial score (nSPS) is 17.8. The second-order valence-electron chi connectivity index (χ2n) is 5.61. The van der Waals surface area contributed by atoms with Crippen LogP contribution in [0.3, 0.4) is 0 Å². The minimum absolute atomic E-state index is 0.275. The molecule has 0 unspecified atom stereocenters. The maximum Gasteiger partial charge on any atom is 0.291 e. The molecule has 10 heteroatoms. The van der Waals surface area contributed by atoms with Gasteiger partial charge in [0, 0.05) is 26.2 Å². The van der Waals surface area contributed by atoms with Gasteiger partial charge in [0.15, 0.2) is 5.16 Å². The lowest BCUT2D eigenvalue weighted by atomic mass is 10.3. The number of nitrogens with zero attached hydrogens (tertiary/aromatic N) is 4. The molecule has 0 amide bonds. The summed E-state index contributed by atoms with van der Waals surface area (Å²) in [7, 11) is -3.19. The molecule has 2 heterocycles. The van der Waals surface area contributed by atoms with Gasteiger partial charge in [0.2, 0.25) is 10.0 Å². The third-order valence-corrected chi connectivity index (χ3v) is 5.96. The first kappa shape index (κ1) is 17.6. The lowest BCUT2D eigenvalue weighted by Crippen LogP contribution is -2.48. The Labute approximate surface area is 143 Å². The van der Waals surface area contributed by atoms with Gasteiger partial charge in [0.05, 0.1) is 24.0 Å². The second-order valence-corrected chi connectivity index (χ2v) is 8.55. The summed E-state index contributed by atoms with van der Waals surface area (Å²) in [6.45, 7) is 2.33. The number of piperazine rings is 1. The molecule has 24 heavy (non-hydrogen) atoms. The topological polar surface area (TPSA) is 58.4 Å². The van der Waals surface area contributed by atoms with Gasteiger partial charge in [-0.2, -0.15) is 13.1 Å². The highest BCUT2D eigenvalue weighted by atomic mass is 32.2. The van der Waals surface area contributed by atoms with E-state index in [9.17, 15) is 17.2 Å². The van der Waals surface area contributed by atoms with E-state index in [2.05, 4.69) is 4.98 Å². The van der Waals surface area contributed by atoms with Crippen molar-refractivity contribution in [2.24, 2.45) is 0 Å². The van der Waals surface area contributed by atoms with Gasteiger partial charge in [-0.3, -0.25) is 4.90 Å². The number of aromatic nitrogens is 2. The van der Waals surface area contributed by atoms with Crippen molar-refractivity contribution >= 4 is 32.8 Å². The number of imidazole rings is 1. The van der Waals surface area contributed by atoms with Crippen molar-refractivity contribution in [3.8, 4) is 0 Å². The zero-order chi connectivity index (χ0) is 17.3. The van der Waals surface area contributed by atoms with Crippen LogP contribution in [-0.4, -0.2) is 65.4 Å². The van der Waals surface area contributed by atoms with E-state index in [1.54, 1.807) is 10.6 Å². The molecule has 0 saturated carbocycles. The molecule has 0 atom stereocenters. The molecule has 0 aliphatic carbocycles. The number of thioether (sulfide) groups is 1. The minimum Gasteiger partial charge on any atom is -0.305 e. The first-order valence-electron chi connectivity index (χ1n) is 7.42. The Kier molecular flexibility index (Phi) is 5.09. The van der Waals surface area contributed by atoms with Crippen molar-refractivity contribution in [1.82, 2.24) is 18.8 Å². The summed E-state index contributed by atoms with van der Waals surface area (Å²) in [4.78, 5) is 6.33. The lowest BCUT2D eigenvalue weighted by molar-refractivity contribution is 0.150. The maximum absolute atomic E-state index is 12.8. The molecule has 1 fully saturated rings. The van der Waals surface area contributed by atoms with E-state index in [-0.39, 0.29) is 5.16 Å². The van der Waals surface area contributed by atoms with Gasteiger partial charge in [0.1, 0.15) is 0 Å². The molecule has 1 aromatic carbocycles. The summed E-state index contributed by atoms with van der Waals surface area (Å²) >= 11 is 0.430. The molecular formula is C14H18F2N4O2S2. The zero-order valence-electron chi connectivity index (χ0n) is 13.1. The summed E-state index contributed by atoms with van der Waals surface area (Å²) in [5.41, 5.74) is 1.47. The Morgan fingerprint density at radius 3 is 2.50 bits per heavy atom. The van der Waals surface area contributed by atoms with Crippen LogP contribution in [0.15, 0.2) is 29.4 Å². The van der Waals surface area contributed by atoms with Crippen LogP contribution >= 0.6 is 11.8 Å². The van der Waals surface area contributed by atoms with Crippen molar-refractivity contribution in [3.05, 3.63) is 24.3 Å². The van der Waals surface area contributed by atoms with Crippen LogP contribution in [0.2, 0.25) is 0 Å². The number of sulfonamides is 1. The predicted molar refractivity (Wildman–Crippen MR) is 89.6 cm³/mol. The van der Waals surface area contributed by atoms with Gasteiger partial charge in [-0.05, 0) is 23.9 Å². The molecule has 1 aliphatic rings. The van der Waals surface area contributed by atoms with Crippen molar-refractivity contribution in [1.29, 1.82) is 0 Å². The highest BCUT2D eigenvalue weighted by Crippen LogP contribution is 2.28. The third kappa shape index (κ3) is 3.88.